The molecule has 27 heavy (non-hydrogen) atoms. The van der Waals surface area contributed by atoms with E-state index in [4.69, 9.17) is 9.47 Å². The molecule has 1 aliphatic carbocycles. The molecule has 5 heteroatoms. The molecule has 1 N–H and O–H groups in total. The Balaban J connectivity index is 0.00000210. The molecule has 3 unspecified atom stereocenters. The summed E-state index contributed by atoms with van der Waals surface area (Å²) < 4.78 is 13.0. The lowest BCUT2D eigenvalue weighted by Gasteiger charge is -2.37. The Morgan fingerprint density at radius 2 is 2.22 bits per heavy atom. The van der Waals surface area contributed by atoms with E-state index in [2.05, 4.69) is 39.6 Å². The van der Waals surface area contributed by atoms with E-state index in [0.717, 1.165) is 42.0 Å². The van der Waals surface area contributed by atoms with Crippen molar-refractivity contribution in [2.75, 3.05) is 27.2 Å². The van der Waals surface area contributed by atoms with E-state index in [0.29, 0.717) is 6.42 Å². The molecule has 0 bridgehead atoms. The first-order valence-corrected chi connectivity index (χ1v) is 9.51. The van der Waals surface area contributed by atoms with Crippen molar-refractivity contribution in [1.82, 2.24) is 0 Å². The maximum Gasteiger partial charge on any atom is 0.166 e. The first kappa shape index (κ1) is 20.2. The molecule has 148 valence electrons. The SMILES string of the molecule is C=C(C)C[N+]1(C)CCC23C=C[C@@H](O)CC2Oc2c(OC)cc(C)c(c23)C1.[Cl-]. The van der Waals surface area contributed by atoms with Crippen LogP contribution in [0, 0.1) is 6.92 Å². The summed E-state index contributed by atoms with van der Waals surface area (Å²) >= 11 is 0. The third-order valence-electron chi connectivity index (χ3n) is 6.42. The first-order valence-electron chi connectivity index (χ1n) is 9.51. The van der Waals surface area contributed by atoms with Gasteiger partial charge in [0.2, 0.25) is 0 Å². The number of likely N-dealkylation sites (N-methyl/N-ethyl adjacent to an activating group) is 1. The van der Waals surface area contributed by atoms with E-state index in [1.54, 1.807) is 7.11 Å². The first-order chi connectivity index (χ1) is 12.3. The van der Waals surface area contributed by atoms with Crippen LogP contribution in [0.2, 0.25) is 0 Å². The number of hydrogen-bond acceptors (Lipinski definition) is 3. The van der Waals surface area contributed by atoms with E-state index < -0.39 is 6.10 Å². The molecular formula is C22H30ClNO3. The van der Waals surface area contributed by atoms with E-state index in [9.17, 15) is 5.11 Å². The van der Waals surface area contributed by atoms with Crippen LogP contribution in [0.5, 0.6) is 11.5 Å². The molecule has 0 fully saturated rings. The molecule has 0 aromatic heterocycles. The van der Waals surface area contributed by atoms with Crippen molar-refractivity contribution >= 4 is 0 Å². The largest absolute Gasteiger partial charge is 1.00 e. The van der Waals surface area contributed by atoms with Gasteiger partial charge in [-0.25, -0.2) is 0 Å². The van der Waals surface area contributed by atoms with Crippen molar-refractivity contribution in [3.63, 3.8) is 0 Å². The third kappa shape index (κ3) is 3.08. The van der Waals surface area contributed by atoms with E-state index in [-0.39, 0.29) is 23.9 Å². The van der Waals surface area contributed by atoms with Crippen LogP contribution in [-0.2, 0) is 12.0 Å². The van der Waals surface area contributed by atoms with E-state index >= 15 is 0 Å². The molecule has 2 aliphatic heterocycles. The van der Waals surface area contributed by atoms with Crippen molar-refractivity contribution in [2.24, 2.45) is 0 Å². The molecular weight excluding hydrogens is 362 g/mol. The lowest BCUT2D eigenvalue weighted by molar-refractivity contribution is -0.918. The van der Waals surface area contributed by atoms with Gasteiger partial charge in [0.1, 0.15) is 12.6 Å². The molecule has 4 nitrogen and oxygen atoms in total. The van der Waals surface area contributed by atoms with E-state index in [1.165, 1.54) is 22.3 Å². The second kappa shape index (κ2) is 6.84. The highest BCUT2D eigenvalue weighted by atomic mass is 35.5. The van der Waals surface area contributed by atoms with Crippen LogP contribution in [0.15, 0.2) is 30.4 Å². The summed E-state index contributed by atoms with van der Waals surface area (Å²) in [5.41, 5.74) is 5.00. The zero-order chi connectivity index (χ0) is 18.7. The number of ether oxygens (including phenoxy) is 2. The highest BCUT2D eigenvalue weighted by Crippen LogP contribution is 2.57. The number of halogens is 1. The standard InChI is InChI=1S/C22H30NO3.ClH/c1-14(2)12-23(4)9-8-22-7-6-16(24)11-19(22)26-21-18(25-5)10-15(3)17(13-23)20(21)22;/h6-7,10,16,19,24H,1,8-9,11-13H2,2-5H3;1H/q+1;/p-1/t16-,19?,22?,23?;/m1./s1. The highest BCUT2D eigenvalue weighted by molar-refractivity contribution is 5.63. The average Bonchev–Trinajstić information content (AvgIpc) is 2.82. The van der Waals surface area contributed by atoms with Crippen molar-refractivity contribution < 1.29 is 31.5 Å². The monoisotopic (exact) mass is 391 g/mol. The van der Waals surface area contributed by atoms with Crippen LogP contribution in [0.4, 0.5) is 0 Å². The number of aryl methyl sites for hydroxylation is 1. The summed E-state index contributed by atoms with van der Waals surface area (Å²) in [5, 5.41) is 10.2. The number of benzene rings is 1. The normalized spacial score (nSPS) is 33.2. The Labute approximate surface area is 168 Å². The van der Waals surface area contributed by atoms with Gasteiger partial charge in [-0.15, -0.1) is 0 Å². The maximum absolute atomic E-state index is 10.2. The molecule has 0 radical (unpaired) electrons. The van der Waals surface area contributed by atoms with Gasteiger partial charge in [-0.2, -0.15) is 0 Å². The third-order valence-corrected chi connectivity index (χ3v) is 6.42. The summed E-state index contributed by atoms with van der Waals surface area (Å²) in [6.07, 6.45) is 5.37. The van der Waals surface area contributed by atoms with Gasteiger partial charge in [-0.05, 0) is 31.1 Å². The molecule has 0 saturated heterocycles. The summed E-state index contributed by atoms with van der Waals surface area (Å²) in [6.45, 7) is 11.5. The van der Waals surface area contributed by atoms with Gasteiger partial charge in [-0.1, -0.05) is 18.7 Å². The summed E-state index contributed by atoms with van der Waals surface area (Å²) in [5.74, 6) is 1.70. The molecule has 1 spiro atoms. The minimum atomic E-state index is -0.435. The summed E-state index contributed by atoms with van der Waals surface area (Å²) in [7, 11) is 4.04. The van der Waals surface area contributed by atoms with Crippen LogP contribution in [-0.4, -0.2) is 49.0 Å². The number of aliphatic hydroxyl groups excluding tert-OH is 1. The van der Waals surface area contributed by atoms with Crippen molar-refractivity contribution in [3.8, 4) is 11.5 Å². The van der Waals surface area contributed by atoms with Gasteiger partial charge < -0.3 is 31.5 Å². The van der Waals surface area contributed by atoms with Gasteiger partial charge in [0.15, 0.2) is 11.5 Å². The fourth-order valence-corrected chi connectivity index (χ4v) is 5.28. The quantitative estimate of drug-likeness (QED) is 0.593. The van der Waals surface area contributed by atoms with Gasteiger partial charge in [0.25, 0.3) is 0 Å². The van der Waals surface area contributed by atoms with E-state index in [1.807, 2.05) is 6.08 Å². The van der Waals surface area contributed by atoms with Gasteiger partial charge in [-0.3, -0.25) is 0 Å². The molecule has 1 aromatic rings. The van der Waals surface area contributed by atoms with Crippen LogP contribution in [0.25, 0.3) is 0 Å². The number of nitrogens with zero attached hydrogens (tertiary/aromatic N) is 1. The zero-order valence-corrected chi connectivity index (χ0v) is 17.5. The zero-order valence-electron chi connectivity index (χ0n) is 16.7. The fraction of sp³-hybridized carbons (Fsp3) is 0.545. The van der Waals surface area contributed by atoms with Crippen LogP contribution in [0.3, 0.4) is 0 Å². The van der Waals surface area contributed by atoms with Gasteiger partial charge in [0.05, 0.1) is 38.8 Å². The number of methoxy groups -OCH3 is 1. The molecule has 3 aliphatic rings. The molecule has 4 atom stereocenters. The minimum absolute atomic E-state index is 0. The fourth-order valence-electron chi connectivity index (χ4n) is 5.28. The number of quaternary nitrogens is 1. The summed E-state index contributed by atoms with van der Waals surface area (Å²) in [6, 6.07) is 2.11. The van der Waals surface area contributed by atoms with Crippen molar-refractivity contribution in [3.05, 3.63) is 47.1 Å². The maximum atomic E-state index is 10.2. The Kier molecular flexibility index (Phi) is 5.13. The molecule has 1 aromatic carbocycles. The Hall–Kier alpha value is -1.49. The Morgan fingerprint density at radius 1 is 1.48 bits per heavy atom. The van der Waals surface area contributed by atoms with Crippen LogP contribution < -0.4 is 21.9 Å². The predicted molar refractivity (Wildman–Crippen MR) is 103 cm³/mol. The van der Waals surface area contributed by atoms with Crippen LogP contribution >= 0.6 is 0 Å². The molecule has 0 amide bonds. The van der Waals surface area contributed by atoms with Crippen molar-refractivity contribution in [1.29, 1.82) is 0 Å². The predicted octanol–water partition coefficient (Wildman–Crippen LogP) is 0.254. The Morgan fingerprint density at radius 3 is 2.89 bits per heavy atom. The number of hydrogen-bond donors (Lipinski definition) is 1. The lowest BCUT2D eigenvalue weighted by atomic mass is 9.68. The second-order valence-electron chi connectivity index (χ2n) is 8.75. The lowest BCUT2D eigenvalue weighted by Crippen LogP contribution is -3.00. The summed E-state index contributed by atoms with van der Waals surface area (Å²) in [4.78, 5) is 0. The number of rotatable bonds is 3. The highest BCUT2D eigenvalue weighted by Gasteiger charge is 2.55. The topological polar surface area (TPSA) is 38.7 Å². The second-order valence-corrected chi connectivity index (χ2v) is 8.75. The molecule has 2 heterocycles. The smallest absolute Gasteiger partial charge is 0.166 e. The molecule has 0 saturated carbocycles. The van der Waals surface area contributed by atoms with Gasteiger partial charge >= 0.3 is 0 Å². The number of aliphatic hydroxyl groups is 1. The van der Waals surface area contributed by atoms with Crippen LogP contribution in [0.1, 0.15) is 36.5 Å². The average molecular weight is 392 g/mol. The molecule has 4 rings (SSSR count). The minimum Gasteiger partial charge on any atom is -1.00 e. The van der Waals surface area contributed by atoms with Crippen molar-refractivity contribution in [2.45, 2.75) is 50.9 Å². The van der Waals surface area contributed by atoms with Gasteiger partial charge in [0, 0.05) is 24.0 Å². The Bertz CT molecular complexity index is 805.